The van der Waals surface area contributed by atoms with Crippen LogP contribution in [0.3, 0.4) is 0 Å². The van der Waals surface area contributed by atoms with E-state index in [9.17, 15) is 0 Å². The first-order valence-electron chi connectivity index (χ1n) is 6.26. The number of piperidine rings is 1. The van der Waals surface area contributed by atoms with Crippen LogP contribution in [-0.2, 0) is 4.74 Å². The first-order valence-corrected chi connectivity index (χ1v) is 6.80. The first-order chi connectivity index (χ1) is 7.36. The molecule has 1 fully saturated rings. The van der Waals surface area contributed by atoms with Gasteiger partial charge in [0.15, 0.2) is 0 Å². The molecule has 3 heteroatoms. The third-order valence-corrected chi connectivity index (χ3v) is 3.20. The Morgan fingerprint density at radius 1 is 1.27 bits per heavy atom. The molecule has 1 aliphatic rings. The van der Waals surface area contributed by atoms with Crippen molar-refractivity contribution in [1.29, 1.82) is 0 Å². The molecule has 1 saturated heterocycles. The minimum atomic E-state index is 0.464. The molecule has 1 aliphatic heterocycles. The van der Waals surface area contributed by atoms with E-state index in [4.69, 9.17) is 16.3 Å². The Bertz CT molecular complexity index is 147. The lowest BCUT2D eigenvalue weighted by atomic mass is 10.1. The van der Waals surface area contributed by atoms with Gasteiger partial charge in [-0.1, -0.05) is 19.8 Å². The third kappa shape index (κ3) is 5.74. The Morgan fingerprint density at radius 2 is 2.00 bits per heavy atom. The van der Waals surface area contributed by atoms with E-state index in [0.29, 0.717) is 18.6 Å². The Kier molecular flexibility index (Phi) is 7.41. The molecule has 15 heavy (non-hydrogen) atoms. The summed E-state index contributed by atoms with van der Waals surface area (Å²) in [4.78, 5) is 2.57. The van der Waals surface area contributed by atoms with Crippen LogP contribution >= 0.6 is 11.6 Å². The Morgan fingerprint density at radius 3 is 2.60 bits per heavy atom. The number of likely N-dealkylation sites (tertiary alicyclic amines) is 1. The summed E-state index contributed by atoms with van der Waals surface area (Å²) in [6, 6.07) is 0. The number of hydrogen-bond acceptors (Lipinski definition) is 2. The van der Waals surface area contributed by atoms with Gasteiger partial charge in [0.2, 0.25) is 0 Å². The summed E-state index contributed by atoms with van der Waals surface area (Å²) in [5.74, 6) is 0.622. The number of nitrogens with zero attached hydrogens (tertiary/aromatic N) is 1. The minimum absolute atomic E-state index is 0.464. The predicted octanol–water partition coefficient (Wildman–Crippen LogP) is 2.90. The molecule has 0 aromatic carbocycles. The van der Waals surface area contributed by atoms with Crippen LogP contribution in [0.15, 0.2) is 0 Å². The van der Waals surface area contributed by atoms with Crippen LogP contribution in [0.1, 0.15) is 39.0 Å². The predicted molar refractivity (Wildman–Crippen MR) is 65.7 cm³/mol. The lowest BCUT2D eigenvalue weighted by Gasteiger charge is -2.31. The average molecular weight is 234 g/mol. The highest BCUT2D eigenvalue weighted by molar-refractivity contribution is 6.17. The first kappa shape index (κ1) is 13.3. The van der Waals surface area contributed by atoms with Gasteiger partial charge in [-0.25, -0.2) is 0 Å². The minimum Gasteiger partial charge on any atom is -0.377 e. The molecule has 1 heterocycles. The lowest BCUT2D eigenvalue weighted by molar-refractivity contribution is 0.0150. The quantitative estimate of drug-likeness (QED) is 0.495. The van der Waals surface area contributed by atoms with Crippen molar-refractivity contribution in [1.82, 2.24) is 4.90 Å². The van der Waals surface area contributed by atoms with Crippen LogP contribution in [0, 0.1) is 0 Å². The van der Waals surface area contributed by atoms with Gasteiger partial charge >= 0.3 is 0 Å². The van der Waals surface area contributed by atoms with E-state index in [0.717, 1.165) is 0 Å². The monoisotopic (exact) mass is 233 g/mol. The fourth-order valence-corrected chi connectivity index (χ4v) is 2.19. The van der Waals surface area contributed by atoms with Crippen LogP contribution in [-0.4, -0.2) is 43.1 Å². The van der Waals surface area contributed by atoms with Gasteiger partial charge in [0.05, 0.1) is 12.7 Å². The summed E-state index contributed by atoms with van der Waals surface area (Å²) >= 11 is 5.60. The molecule has 0 bridgehead atoms. The number of halogens is 1. The largest absolute Gasteiger partial charge is 0.377 e. The van der Waals surface area contributed by atoms with Crippen LogP contribution in [0.5, 0.6) is 0 Å². The maximum atomic E-state index is 5.65. The van der Waals surface area contributed by atoms with Crippen LogP contribution in [0.4, 0.5) is 0 Å². The zero-order chi connectivity index (χ0) is 10.9. The van der Waals surface area contributed by atoms with Crippen molar-refractivity contribution in [2.45, 2.75) is 45.1 Å². The van der Waals surface area contributed by atoms with Crippen molar-refractivity contribution in [2.75, 3.05) is 32.1 Å². The molecule has 90 valence electrons. The number of rotatable bonds is 7. The SMILES string of the molecule is CCCCCN1CCC(OCCCl)CC1. The Labute approximate surface area is 98.9 Å². The summed E-state index contributed by atoms with van der Waals surface area (Å²) in [5.41, 5.74) is 0. The standard InChI is InChI=1S/C12H24ClNO/c1-2-3-4-8-14-9-5-12(6-10-14)15-11-7-13/h12H,2-11H2,1H3. The summed E-state index contributed by atoms with van der Waals surface area (Å²) in [6.45, 7) is 6.65. The molecule has 0 aromatic rings. The van der Waals surface area contributed by atoms with E-state index < -0.39 is 0 Å². The number of hydrogen-bond donors (Lipinski definition) is 0. The van der Waals surface area contributed by atoms with Crippen LogP contribution < -0.4 is 0 Å². The second-order valence-corrected chi connectivity index (χ2v) is 4.69. The summed E-state index contributed by atoms with van der Waals surface area (Å²) in [7, 11) is 0. The zero-order valence-corrected chi connectivity index (χ0v) is 10.6. The number of ether oxygens (including phenoxy) is 1. The van der Waals surface area contributed by atoms with Gasteiger partial charge < -0.3 is 9.64 Å². The van der Waals surface area contributed by atoms with E-state index >= 15 is 0 Å². The summed E-state index contributed by atoms with van der Waals surface area (Å²) in [6.07, 6.45) is 6.86. The third-order valence-electron chi connectivity index (χ3n) is 3.04. The van der Waals surface area contributed by atoms with Crippen LogP contribution in [0.2, 0.25) is 0 Å². The molecule has 0 spiro atoms. The summed E-state index contributed by atoms with van der Waals surface area (Å²) < 4.78 is 5.65. The molecule has 0 saturated carbocycles. The average Bonchev–Trinajstić information content (AvgIpc) is 2.28. The molecule has 0 atom stereocenters. The zero-order valence-electron chi connectivity index (χ0n) is 9.88. The molecule has 0 aromatic heterocycles. The fraction of sp³-hybridized carbons (Fsp3) is 1.00. The molecule has 2 nitrogen and oxygen atoms in total. The van der Waals surface area contributed by atoms with Gasteiger partial charge in [-0.15, -0.1) is 11.6 Å². The van der Waals surface area contributed by atoms with Crippen molar-refractivity contribution >= 4 is 11.6 Å². The van der Waals surface area contributed by atoms with Gasteiger partial charge in [-0.05, 0) is 25.8 Å². The van der Waals surface area contributed by atoms with Crippen molar-refractivity contribution in [2.24, 2.45) is 0 Å². The molecular weight excluding hydrogens is 210 g/mol. The number of unbranched alkanes of at least 4 members (excludes halogenated alkanes) is 2. The van der Waals surface area contributed by atoms with Crippen molar-refractivity contribution in [3.8, 4) is 0 Å². The highest BCUT2D eigenvalue weighted by Gasteiger charge is 2.18. The lowest BCUT2D eigenvalue weighted by Crippen LogP contribution is -2.37. The van der Waals surface area contributed by atoms with E-state index in [1.807, 2.05) is 0 Å². The second-order valence-electron chi connectivity index (χ2n) is 4.31. The van der Waals surface area contributed by atoms with Gasteiger partial charge in [0.25, 0.3) is 0 Å². The van der Waals surface area contributed by atoms with E-state index in [1.165, 1.54) is 51.7 Å². The molecule has 0 amide bonds. The molecule has 0 unspecified atom stereocenters. The molecule has 0 aliphatic carbocycles. The second kappa shape index (κ2) is 8.37. The molecule has 0 radical (unpaired) electrons. The summed E-state index contributed by atoms with van der Waals surface area (Å²) in [5, 5.41) is 0. The topological polar surface area (TPSA) is 12.5 Å². The fourth-order valence-electron chi connectivity index (χ4n) is 2.10. The van der Waals surface area contributed by atoms with E-state index in [2.05, 4.69) is 11.8 Å². The highest BCUT2D eigenvalue weighted by atomic mass is 35.5. The van der Waals surface area contributed by atoms with Crippen molar-refractivity contribution in [3.05, 3.63) is 0 Å². The van der Waals surface area contributed by atoms with Gasteiger partial charge in [0.1, 0.15) is 0 Å². The van der Waals surface area contributed by atoms with Gasteiger partial charge in [-0.2, -0.15) is 0 Å². The Balaban J connectivity index is 2.02. The maximum Gasteiger partial charge on any atom is 0.0605 e. The van der Waals surface area contributed by atoms with Crippen molar-refractivity contribution in [3.63, 3.8) is 0 Å². The van der Waals surface area contributed by atoms with Crippen molar-refractivity contribution < 1.29 is 4.74 Å². The van der Waals surface area contributed by atoms with E-state index in [-0.39, 0.29) is 0 Å². The molecule has 1 rings (SSSR count). The normalized spacial score (nSPS) is 19.6. The van der Waals surface area contributed by atoms with Crippen LogP contribution in [0.25, 0.3) is 0 Å². The van der Waals surface area contributed by atoms with Gasteiger partial charge in [0, 0.05) is 19.0 Å². The number of alkyl halides is 1. The molecular formula is C12H24ClNO. The maximum absolute atomic E-state index is 5.65. The smallest absolute Gasteiger partial charge is 0.0605 e. The van der Waals surface area contributed by atoms with Gasteiger partial charge in [-0.3, -0.25) is 0 Å². The highest BCUT2D eigenvalue weighted by Crippen LogP contribution is 2.14. The van der Waals surface area contributed by atoms with E-state index in [1.54, 1.807) is 0 Å². The Hall–Kier alpha value is 0.210. The molecule has 0 N–H and O–H groups in total.